The van der Waals surface area contributed by atoms with Gasteiger partial charge in [-0.05, 0) is 30.5 Å². The SMILES string of the molecule is CCNC(=NCc1ccc(N2CCNC(=O)C2)cc1)NCC(C)C. The smallest absolute Gasteiger partial charge is 0.239 e. The second-order valence-electron chi connectivity index (χ2n) is 6.41. The summed E-state index contributed by atoms with van der Waals surface area (Å²) in [7, 11) is 0. The van der Waals surface area contributed by atoms with Crippen LogP contribution in [0.1, 0.15) is 26.3 Å². The first-order valence-corrected chi connectivity index (χ1v) is 8.71. The summed E-state index contributed by atoms with van der Waals surface area (Å²) < 4.78 is 0. The predicted octanol–water partition coefficient (Wildman–Crippen LogP) is 1.33. The number of hydrogen-bond acceptors (Lipinski definition) is 3. The summed E-state index contributed by atoms with van der Waals surface area (Å²) in [6, 6.07) is 8.30. The van der Waals surface area contributed by atoms with E-state index < -0.39 is 0 Å². The lowest BCUT2D eigenvalue weighted by Gasteiger charge is -2.28. The molecule has 0 unspecified atom stereocenters. The van der Waals surface area contributed by atoms with E-state index in [0.29, 0.717) is 25.6 Å². The van der Waals surface area contributed by atoms with Crippen molar-refractivity contribution < 1.29 is 4.79 Å². The van der Waals surface area contributed by atoms with E-state index in [0.717, 1.165) is 36.8 Å². The molecule has 0 aromatic heterocycles. The number of benzene rings is 1. The van der Waals surface area contributed by atoms with Crippen LogP contribution in [0.3, 0.4) is 0 Å². The second-order valence-corrected chi connectivity index (χ2v) is 6.41. The number of carbonyl (C=O) groups excluding carboxylic acids is 1. The van der Waals surface area contributed by atoms with Gasteiger partial charge >= 0.3 is 0 Å². The fourth-order valence-electron chi connectivity index (χ4n) is 2.48. The molecule has 0 radical (unpaired) electrons. The van der Waals surface area contributed by atoms with Gasteiger partial charge in [0.05, 0.1) is 13.1 Å². The molecule has 0 atom stereocenters. The number of rotatable bonds is 6. The van der Waals surface area contributed by atoms with Gasteiger partial charge in [0.15, 0.2) is 5.96 Å². The van der Waals surface area contributed by atoms with Crippen LogP contribution in [0.5, 0.6) is 0 Å². The van der Waals surface area contributed by atoms with Crippen molar-refractivity contribution in [2.75, 3.05) is 37.6 Å². The summed E-state index contributed by atoms with van der Waals surface area (Å²) in [5, 5.41) is 9.45. The quantitative estimate of drug-likeness (QED) is 0.543. The van der Waals surface area contributed by atoms with Gasteiger partial charge in [-0.1, -0.05) is 26.0 Å². The summed E-state index contributed by atoms with van der Waals surface area (Å²) in [4.78, 5) is 18.2. The normalized spacial score (nSPS) is 15.4. The molecule has 1 aliphatic rings. The highest BCUT2D eigenvalue weighted by atomic mass is 16.2. The van der Waals surface area contributed by atoms with Gasteiger partial charge in [-0.2, -0.15) is 0 Å². The topological polar surface area (TPSA) is 68.8 Å². The molecule has 1 aliphatic heterocycles. The van der Waals surface area contributed by atoms with E-state index in [1.54, 1.807) is 0 Å². The molecule has 1 amide bonds. The Bertz CT molecular complexity index is 553. The van der Waals surface area contributed by atoms with E-state index in [1.807, 2.05) is 0 Å². The molecule has 0 aliphatic carbocycles. The third kappa shape index (κ3) is 5.76. The van der Waals surface area contributed by atoms with Crippen LogP contribution in [0.25, 0.3) is 0 Å². The molecule has 1 aromatic carbocycles. The Balaban J connectivity index is 1.94. The molecule has 6 heteroatoms. The van der Waals surface area contributed by atoms with Crippen LogP contribution >= 0.6 is 0 Å². The lowest BCUT2D eigenvalue weighted by Crippen LogP contribution is -2.47. The Hall–Kier alpha value is -2.24. The van der Waals surface area contributed by atoms with Gasteiger partial charge < -0.3 is 20.9 Å². The van der Waals surface area contributed by atoms with Crippen LogP contribution < -0.4 is 20.9 Å². The summed E-state index contributed by atoms with van der Waals surface area (Å²) in [5.74, 6) is 1.51. The van der Waals surface area contributed by atoms with E-state index in [9.17, 15) is 4.79 Å². The van der Waals surface area contributed by atoms with Gasteiger partial charge in [-0.3, -0.25) is 4.79 Å². The zero-order chi connectivity index (χ0) is 17.4. The molecular formula is C18H29N5O. The summed E-state index contributed by atoms with van der Waals surface area (Å²) >= 11 is 0. The van der Waals surface area contributed by atoms with Crippen LogP contribution in [-0.4, -0.2) is 44.6 Å². The van der Waals surface area contributed by atoms with Crippen molar-refractivity contribution in [1.82, 2.24) is 16.0 Å². The fraction of sp³-hybridized carbons (Fsp3) is 0.556. The maximum atomic E-state index is 11.5. The first-order chi connectivity index (χ1) is 11.6. The molecule has 24 heavy (non-hydrogen) atoms. The average Bonchev–Trinajstić information content (AvgIpc) is 2.58. The molecule has 3 N–H and O–H groups in total. The molecule has 1 aromatic rings. The highest BCUT2D eigenvalue weighted by Crippen LogP contribution is 2.16. The van der Waals surface area contributed by atoms with Crippen molar-refractivity contribution in [3.63, 3.8) is 0 Å². The zero-order valence-electron chi connectivity index (χ0n) is 14.9. The minimum absolute atomic E-state index is 0.0847. The maximum Gasteiger partial charge on any atom is 0.239 e. The monoisotopic (exact) mass is 331 g/mol. The standard InChI is InChI=1S/C18H29N5O/c1-4-19-18(21-11-14(2)3)22-12-15-5-7-16(8-6-15)23-10-9-20-17(24)13-23/h5-8,14H,4,9-13H2,1-3H3,(H,20,24)(H2,19,21,22). The van der Waals surface area contributed by atoms with Crippen LogP contribution in [0.15, 0.2) is 29.3 Å². The number of anilines is 1. The number of carbonyl (C=O) groups is 1. The zero-order valence-corrected chi connectivity index (χ0v) is 14.9. The second kappa shape index (κ2) is 9.15. The van der Waals surface area contributed by atoms with E-state index in [-0.39, 0.29) is 5.91 Å². The number of guanidine groups is 1. The lowest BCUT2D eigenvalue weighted by atomic mass is 10.2. The third-order valence-corrected chi connectivity index (χ3v) is 3.78. The molecule has 0 bridgehead atoms. The Morgan fingerprint density at radius 3 is 2.67 bits per heavy atom. The third-order valence-electron chi connectivity index (χ3n) is 3.78. The summed E-state index contributed by atoms with van der Waals surface area (Å²) in [6.07, 6.45) is 0. The molecule has 1 heterocycles. The predicted molar refractivity (Wildman–Crippen MR) is 99.3 cm³/mol. The summed E-state index contributed by atoms with van der Waals surface area (Å²) in [5.41, 5.74) is 2.24. The van der Waals surface area contributed by atoms with Gasteiger partial charge in [0.2, 0.25) is 5.91 Å². The van der Waals surface area contributed by atoms with Crippen LogP contribution in [-0.2, 0) is 11.3 Å². The van der Waals surface area contributed by atoms with E-state index in [1.165, 1.54) is 0 Å². The van der Waals surface area contributed by atoms with Crippen LogP contribution in [0.2, 0.25) is 0 Å². The van der Waals surface area contributed by atoms with E-state index >= 15 is 0 Å². The van der Waals surface area contributed by atoms with Gasteiger partial charge in [0.25, 0.3) is 0 Å². The van der Waals surface area contributed by atoms with Gasteiger partial charge in [0, 0.05) is 31.9 Å². The Morgan fingerprint density at radius 2 is 2.04 bits per heavy atom. The highest BCUT2D eigenvalue weighted by Gasteiger charge is 2.16. The number of aliphatic imine (C=N–C) groups is 1. The number of hydrogen-bond donors (Lipinski definition) is 3. The molecule has 0 saturated carbocycles. The number of piperazine rings is 1. The first-order valence-electron chi connectivity index (χ1n) is 8.71. The number of nitrogens with zero attached hydrogens (tertiary/aromatic N) is 2. The van der Waals surface area contributed by atoms with Crippen molar-refractivity contribution in [2.45, 2.75) is 27.3 Å². The largest absolute Gasteiger partial charge is 0.360 e. The van der Waals surface area contributed by atoms with Crippen LogP contribution in [0, 0.1) is 5.92 Å². The van der Waals surface area contributed by atoms with Crippen LogP contribution in [0.4, 0.5) is 5.69 Å². The Morgan fingerprint density at radius 1 is 1.29 bits per heavy atom. The molecule has 1 fully saturated rings. The molecule has 6 nitrogen and oxygen atoms in total. The highest BCUT2D eigenvalue weighted by molar-refractivity contribution is 5.82. The molecule has 2 rings (SSSR count). The van der Waals surface area contributed by atoms with Gasteiger partial charge in [-0.25, -0.2) is 4.99 Å². The Kier molecular flexibility index (Phi) is 6.90. The molecule has 132 valence electrons. The van der Waals surface area contributed by atoms with E-state index in [2.05, 4.69) is 70.9 Å². The van der Waals surface area contributed by atoms with Gasteiger partial charge in [-0.15, -0.1) is 0 Å². The van der Waals surface area contributed by atoms with E-state index in [4.69, 9.17) is 0 Å². The molecule has 1 saturated heterocycles. The lowest BCUT2D eigenvalue weighted by molar-refractivity contribution is -0.120. The number of nitrogens with one attached hydrogen (secondary N) is 3. The minimum Gasteiger partial charge on any atom is -0.360 e. The maximum absolute atomic E-state index is 11.5. The van der Waals surface area contributed by atoms with Crippen molar-refractivity contribution in [3.8, 4) is 0 Å². The van der Waals surface area contributed by atoms with Crippen molar-refractivity contribution in [1.29, 1.82) is 0 Å². The summed E-state index contributed by atoms with van der Waals surface area (Å²) in [6.45, 7) is 10.8. The van der Waals surface area contributed by atoms with Gasteiger partial charge in [0.1, 0.15) is 0 Å². The van der Waals surface area contributed by atoms with Crippen molar-refractivity contribution in [3.05, 3.63) is 29.8 Å². The molecular weight excluding hydrogens is 302 g/mol. The fourth-order valence-corrected chi connectivity index (χ4v) is 2.48. The van der Waals surface area contributed by atoms with Crippen molar-refractivity contribution >= 4 is 17.6 Å². The minimum atomic E-state index is 0.0847. The average molecular weight is 331 g/mol. The first kappa shape index (κ1) is 18.1. The molecule has 0 spiro atoms. The number of amides is 1. The van der Waals surface area contributed by atoms with Crippen molar-refractivity contribution in [2.24, 2.45) is 10.9 Å². The Labute approximate surface area is 144 Å².